The van der Waals surface area contributed by atoms with E-state index in [0.717, 1.165) is 13.0 Å². The minimum absolute atomic E-state index is 0.125. The van der Waals surface area contributed by atoms with Gasteiger partial charge in [-0.25, -0.2) is 0 Å². The number of methoxy groups -OCH3 is 1. The van der Waals surface area contributed by atoms with Gasteiger partial charge in [-0.1, -0.05) is 0 Å². The lowest BCUT2D eigenvalue weighted by molar-refractivity contribution is -0.135. The van der Waals surface area contributed by atoms with Gasteiger partial charge in [-0.3, -0.25) is 4.79 Å². The fraction of sp³-hybridized carbons (Fsp3) is 0.900. The first-order valence-electron chi connectivity index (χ1n) is 5.37. The number of carbonyl (C=O) groups excluding carboxylic acids is 1. The number of hydrogen-bond acceptors (Lipinski definition) is 4. The van der Waals surface area contributed by atoms with Gasteiger partial charge in [0.2, 0.25) is 5.91 Å². The lowest BCUT2D eigenvalue weighted by Crippen LogP contribution is -2.43. The second-order valence-corrected chi connectivity index (χ2v) is 4.24. The number of nitrogens with zero attached hydrogens (tertiary/aromatic N) is 1. The molecule has 2 aliphatic rings. The van der Waals surface area contributed by atoms with E-state index in [1.165, 1.54) is 0 Å². The number of likely N-dealkylation sites (tertiary alicyclic amines) is 1. The molecular weight excluding hydrogens is 196 g/mol. The molecule has 2 saturated heterocycles. The van der Waals surface area contributed by atoms with E-state index in [2.05, 4.69) is 0 Å². The maximum absolute atomic E-state index is 12.0. The Hall–Kier alpha value is -0.650. The lowest BCUT2D eigenvalue weighted by atomic mass is 10.0. The van der Waals surface area contributed by atoms with Crippen molar-refractivity contribution in [2.75, 3.05) is 33.4 Å². The van der Waals surface area contributed by atoms with E-state index in [0.29, 0.717) is 19.8 Å². The summed E-state index contributed by atoms with van der Waals surface area (Å²) in [5.74, 6) is -0.0276. The molecule has 0 saturated carbocycles. The number of nitrogens with two attached hydrogens (primary N) is 1. The van der Waals surface area contributed by atoms with Crippen molar-refractivity contribution in [3.8, 4) is 0 Å². The second-order valence-electron chi connectivity index (χ2n) is 4.24. The molecule has 0 aromatic carbocycles. The third-order valence-corrected chi connectivity index (χ3v) is 3.23. The standard InChI is InChI=1S/C10H18N2O3/c1-14-7-2-3-12(4-7)10(13)8-5-15-6-9(8)11/h7-9H,2-6,11H2,1H3. The van der Waals surface area contributed by atoms with Crippen LogP contribution >= 0.6 is 0 Å². The van der Waals surface area contributed by atoms with Crippen LogP contribution in [0.5, 0.6) is 0 Å². The molecule has 5 heteroatoms. The highest BCUT2D eigenvalue weighted by Gasteiger charge is 2.36. The van der Waals surface area contributed by atoms with Crippen LogP contribution < -0.4 is 5.73 Å². The topological polar surface area (TPSA) is 64.8 Å². The Kier molecular flexibility index (Phi) is 3.23. The third-order valence-electron chi connectivity index (χ3n) is 3.23. The molecular formula is C10H18N2O3. The zero-order valence-corrected chi connectivity index (χ0v) is 9.02. The van der Waals surface area contributed by atoms with Crippen LogP contribution in [0, 0.1) is 5.92 Å². The molecule has 0 spiro atoms. The fourth-order valence-corrected chi connectivity index (χ4v) is 2.18. The maximum atomic E-state index is 12.0. The number of carbonyl (C=O) groups is 1. The van der Waals surface area contributed by atoms with Gasteiger partial charge in [0.05, 0.1) is 25.2 Å². The highest BCUT2D eigenvalue weighted by Crippen LogP contribution is 2.19. The quantitative estimate of drug-likeness (QED) is 0.654. The van der Waals surface area contributed by atoms with Crippen molar-refractivity contribution >= 4 is 5.91 Å². The predicted molar refractivity (Wildman–Crippen MR) is 54.3 cm³/mol. The Bertz CT molecular complexity index is 247. The van der Waals surface area contributed by atoms with Gasteiger partial charge in [0.25, 0.3) is 0 Å². The van der Waals surface area contributed by atoms with Crippen molar-refractivity contribution in [1.29, 1.82) is 0 Å². The Morgan fingerprint density at radius 3 is 2.87 bits per heavy atom. The van der Waals surface area contributed by atoms with Gasteiger partial charge in [-0.05, 0) is 6.42 Å². The van der Waals surface area contributed by atoms with E-state index in [-0.39, 0.29) is 24.0 Å². The lowest BCUT2D eigenvalue weighted by Gasteiger charge is -2.21. The summed E-state index contributed by atoms with van der Waals surface area (Å²) in [4.78, 5) is 13.9. The molecule has 0 aromatic heterocycles. The number of rotatable bonds is 2. The Morgan fingerprint density at radius 2 is 2.33 bits per heavy atom. The molecule has 15 heavy (non-hydrogen) atoms. The largest absolute Gasteiger partial charge is 0.380 e. The van der Waals surface area contributed by atoms with Crippen LogP contribution in [-0.4, -0.2) is 56.4 Å². The van der Waals surface area contributed by atoms with Gasteiger partial charge in [0, 0.05) is 26.2 Å². The van der Waals surface area contributed by atoms with Gasteiger partial charge in [0.1, 0.15) is 0 Å². The first-order chi connectivity index (χ1) is 7.22. The summed E-state index contributed by atoms with van der Waals surface area (Å²) in [6, 6.07) is -0.140. The van der Waals surface area contributed by atoms with E-state index < -0.39 is 0 Å². The average Bonchev–Trinajstić information content (AvgIpc) is 2.84. The molecule has 2 rings (SSSR count). The Labute approximate surface area is 89.5 Å². The van der Waals surface area contributed by atoms with Crippen molar-refractivity contribution in [1.82, 2.24) is 4.90 Å². The van der Waals surface area contributed by atoms with Gasteiger partial charge >= 0.3 is 0 Å². The van der Waals surface area contributed by atoms with Crippen LogP contribution in [0.2, 0.25) is 0 Å². The predicted octanol–water partition coefficient (Wildman–Crippen LogP) is -0.793. The first kappa shape index (κ1) is 10.9. The smallest absolute Gasteiger partial charge is 0.229 e. The van der Waals surface area contributed by atoms with Crippen LogP contribution in [0.1, 0.15) is 6.42 Å². The molecule has 2 aliphatic heterocycles. The summed E-state index contributed by atoms with van der Waals surface area (Å²) in [6.07, 6.45) is 1.11. The van der Waals surface area contributed by atoms with E-state index in [4.69, 9.17) is 15.2 Å². The summed E-state index contributed by atoms with van der Waals surface area (Å²) >= 11 is 0. The monoisotopic (exact) mass is 214 g/mol. The second kappa shape index (κ2) is 4.47. The van der Waals surface area contributed by atoms with Crippen LogP contribution in [0.4, 0.5) is 0 Å². The molecule has 86 valence electrons. The van der Waals surface area contributed by atoms with Crippen molar-refractivity contribution in [2.24, 2.45) is 11.7 Å². The van der Waals surface area contributed by atoms with E-state index >= 15 is 0 Å². The minimum atomic E-state index is -0.152. The maximum Gasteiger partial charge on any atom is 0.229 e. The molecule has 1 amide bonds. The van der Waals surface area contributed by atoms with Gasteiger partial charge < -0.3 is 20.1 Å². The van der Waals surface area contributed by atoms with Gasteiger partial charge in [-0.2, -0.15) is 0 Å². The number of ether oxygens (including phenoxy) is 2. The number of hydrogen-bond donors (Lipinski definition) is 1. The highest BCUT2D eigenvalue weighted by molar-refractivity contribution is 5.80. The molecule has 3 atom stereocenters. The van der Waals surface area contributed by atoms with Gasteiger partial charge in [-0.15, -0.1) is 0 Å². The third kappa shape index (κ3) is 2.14. The van der Waals surface area contributed by atoms with Crippen LogP contribution in [0.15, 0.2) is 0 Å². The molecule has 3 unspecified atom stereocenters. The summed E-state index contributed by atoms with van der Waals surface area (Å²) in [5, 5.41) is 0. The Morgan fingerprint density at radius 1 is 1.53 bits per heavy atom. The first-order valence-corrected chi connectivity index (χ1v) is 5.37. The molecule has 0 aromatic rings. The minimum Gasteiger partial charge on any atom is -0.380 e. The van der Waals surface area contributed by atoms with E-state index in [1.54, 1.807) is 7.11 Å². The van der Waals surface area contributed by atoms with Gasteiger partial charge in [0.15, 0.2) is 0 Å². The normalized spacial score (nSPS) is 36.1. The molecule has 2 fully saturated rings. The SMILES string of the molecule is COC1CCN(C(=O)C2COCC2N)C1. The summed E-state index contributed by atoms with van der Waals surface area (Å²) < 4.78 is 10.4. The van der Waals surface area contributed by atoms with Crippen molar-refractivity contribution in [3.63, 3.8) is 0 Å². The van der Waals surface area contributed by atoms with E-state index in [1.807, 2.05) is 4.90 Å². The van der Waals surface area contributed by atoms with Crippen LogP contribution in [0.3, 0.4) is 0 Å². The highest BCUT2D eigenvalue weighted by atomic mass is 16.5. The number of amides is 1. The summed E-state index contributed by atoms with van der Waals surface area (Å²) in [5.41, 5.74) is 5.81. The van der Waals surface area contributed by atoms with Crippen LogP contribution in [0.25, 0.3) is 0 Å². The molecule has 2 N–H and O–H groups in total. The van der Waals surface area contributed by atoms with Crippen LogP contribution in [-0.2, 0) is 14.3 Å². The fourth-order valence-electron chi connectivity index (χ4n) is 2.18. The van der Waals surface area contributed by atoms with Crippen molar-refractivity contribution < 1.29 is 14.3 Å². The molecule has 0 radical (unpaired) electrons. The molecule has 2 heterocycles. The van der Waals surface area contributed by atoms with E-state index in [9.17, 15) is 4.79 Å². The zero-order chi connectivity index (χ0) is 10.8. The summed E-state index contributed by atoms with van der Waals surface area (Å²) in [7, 11) is 1.68. The molecule has 5 nitrogen and oxygen atoms in total. The van der Waals surface area contributed by atoms with Crippen molar-refractivity contribution in [3.05, 3.63) is 0 Å². The Balaban J connectivity index is 1.91. The average molecular weight is 214 g/mol. The van der Waals surface area contributed by atoms with Crippen molar-refractivity contribution in [2.45, 2.75) is 18.6 Å². The summed E-state index contributed by atoms with van der Waals surface area (Å²) in [6.45, 7) is 2.44. The molecule has 0 bridgehead atoms. The molecule has 0 aliphatic carbocycles. The zero-order valence-electron chi connectivity index (χ0n) is 9.02.